The Morgan fingerprint density at radius 2 is 2.25 bits per heavy atom. The normalized spacial score (nSPS) is 12.2. The first-order valence-corrected chi connectivity index (χ1v) is 6.86. The van der Waals surface area contributed by atoms with Crippen LogP contribution in [0.3, 0.4) is 0 Å². The van der Waals surface area contributed by atoms with Crippen LogP contribution in [0.1, 0.15) is 40.9 Å². The van der Waals surface area contributed by atoms with Gasteiger partial charge in [0.15, 0.2) is 6.29 Å². The van der Waals surface area contributed by atoms with Crippen LogP contribution in [0.5, 0.6) is 0 Å². The molecule has 0 saturated heterocycles. The lowest BCUT2D eigenvalue weighted by Gasteiger charge is -2.06. The Morgan fingerprint density at radius 1 is 1.50 bits per heavy atom. The molecule has 0 bridgehead atoms. The number of aldehydes is 1. The lowest BCUT2D eigenvalue weighted by Crippen LogP contribution is -1.99. The molecular weight excluding hydrogens is 272 g/mol. The van der Waals surface area contributed by atoms with Crippen molar-refractivity contribution in [3.05, 3.63) is 58.9 Å². The molecule has 0 amide bonds. The number of allylic oxidation sites excluding steroid dienone is 1. The predicted octanol–water partition coefficient (Wildman–Crippen LogP) is 4.33. The van der Waals surface area contributed by atoms with Crippen LogP contribution >= 0.6 is 11.6 Å². The van der Waals surface area contributed by atoms with Crippen molar-refractivity contribution in [2.75, 3.05) is 0 Å². The van der Waals surface area contributed by atoms with Crippen molar-refractivity contribution in [2.45, 2.75) is 26.2 Å². The molecule has 0 fully saturated rings. The van der Waals surface area contributed by atoms with E-state index in [4.69, 9.17) is 11.6 Å². The number of nitrogens with zero attached hydrogens (tertiary/aromatic N) is 2. The average molecular weight is 289 g/mol. The maximum Gasteiger partial charge on any atom is 0.153 e. The SMILES string of the molecule is C=CCC(C)c1nn(-c2ccc(C)c(Cl)c2)cc1C=O. The minimum Gasteiger partial charge on any atom is -0.298 e. The van der Waals surface area contributed by atoms with E-state index >= 15 is 0 Å². The van der Waals surface area contributed by atoms with Crippen LogP contribution in [0, 0.1) is 6.92 Å². The Labute approximate surface area is 123 Å². The summed E-state index contributed by atoms with van der Waals surface area (Å²) < 4.78 is 1.70. The third kappa shape index (κ3) is 2.83. The zero-order valence-electron chi connectivity index (χ0n) is 11.6. The van der Waals surface area contributed by atoms with E-state index in [9.17, 15) is 4.79 Å². The zero-order chi connectivity index (χ0) is 14.7. The van der Waals surface area contributed by atoms with E-state index in [1.54, 1.807) is 10.9 Å². The minimum atomic E-state index is 0.162. The summed E-state index contributed by atoms with van der Waals surface area (Å²) in [5, 5.41) is 5.21. The van der Waals surface area contributed by atoms with E-state index in [1.165, 1.54) is 0 Å². The van der Waals surface area contributed by atoms with Crippen molar-refractivity contribution >= 4 is 17.9 Å². The Bertz CT molecular complexity index is 646. The van der Waals surface area contributed by atoms with Crippen LogP contribution in [-0.4, -0.2) is 16.1 Å². The van der Waals surface area contributed by atoms with Gasteiger partial charge in [-0.05, 0) is 31.0 Å². The van der Waals surface area contributed by atoms with Gasteiger partial charge in [-0.1, -0.05) is 30.7 Å². The second kappa shape index (κ2) is 6.06. The van der Waals surface area contributed by atoms with Crippen LogP contribution in [0.15, 0.2) is 37.1 Å². The topological polar surface area (TPSA) is 34.9 Å². The van der Waals surface area contributed by atoms with E-state index in [-0.39, 0.29) is 5.92 Å². The Kier molecular flexibility index (Phi) is 4.40. The fourth-order valence-corrected chi connectivity index (χ4v) is 2.27. The van der Waals surface area contributed by atoms with Crippen molar-refractivity contribution in [3.63, 3.8) is 0 Å². The van der Waals surface area contributed by atoms with Gasteiger partial charge < -0.3 is 0 Å². The highest BCUT2D eigenvalue weighted by Gasteiger charge is 2.15. The number of halogens is 1. The quantitative estimate of drug-likeness (QED) is 0.606. The molecule has 0 aliphatic carbocycles. The van der Waals surface area contributed by atoms with Crippen molar-refractivity contribution in [1.82, 2.24) is 9.78 Å². The second-order valence-electron chi connectivity index (χ2n) is 4.89. The van der Waals surface area contributed by atoms with E-state index in [1.807, 2.05) is 38.1 Å². The number of carbonyl (C=O) groups is 1. The maximum atomic E-state index is 11.2. The van der Waals surface area contributed by atoms with E-state index in [2.05, 4.69) is 11.7 Å². The predicted molar refractivity (Wildman–Crippen MR) is 81.9 cm³/mol. The van der Waals surface area contributed by atoms with E-state index in [0.29, 0.717) is 10.6 Å². The largest absolute Gasteiger partial charge is 0.298 e. The summed E-state index contributed by atoms with van der Waals surface area (Å²) in [6.07, 6.45) is 5.20. The maximum absolute atomic E-state index is 11.2. The monoisotopic (exact) mass is 288 g/mol. The molecule has 104 valence electrons. The van der Waals surface area contributed by atoms with Gasteiger partial charge in [-0.2, -0.15) is 5.10 Å². The first-order chi connectivity index (χ1) is 9.56. The fraction of sp³-hybridized carbons (Fsp3) is 0.250. The van der Waals surface area contributed by atoms with Crippen molar-refractivity contribution < 1.29 is 4.79 Å². The van der Waals surface area contributed by atoms with Gasteiger partial charge in [0, 0.05) is 17.1 Å². The van der Waals surface area contributed by atoms with Crippen molar-refractivity contribution in [2.24, 2.45) is 0 Å². The van der Waals surface area contributed by atoms with Crippen LogP contribution in [0.2, 0.25) is 5.02 Å². The minimum absolute atomic E-state index is 0.162. The molecule has 2 rings (SSSR count). The van der Waals surface area contributed by atoms with Crippen LogP contribution in [0.4, 0.5) is 0 Å². The molecule has 0 spiro atoms. The smallest absolute Gasteiger partial charge is 0.153 e. The van der Waals surface area contributed by atoms with Gasteiger partial charge in [-0.15, -0.1) is 6.58 Å². The van der Waals surface area contributed by atoms with Crippen molar-refractivity contribution in [3.8, 4) is 5.69 Å². The van der Waals surface area contributed by atoms with Gasteiger partial charge >= 0.3 is 0 Å². The van der Waals surface area contributed by atoms with Gasteiger partial charge in [0.1, 0.15) is 0 Å². The number of hydrogen-bond donors (Lipinski definition) is 0. The highest BCUT2D eigenvalue weighted by molar-refractivity contribution is 6.31. The number of aromatic nitrogens is 2. The van der Waals surface area contributed by atoms with E-state index in [0.717, 1.165) is 29.7 Å². The summed E-state index contributed by atoms with van der Waals surface area (Å²) in [4.78, 5) is 11.2. The summed E-state index contributed by atoms with van der Waals surface area (Å²) >= 11 is 6.13. The van der Waals surface area contributed by atoms with Crippen LogP contribution < -0.4 is 0 Å². The molecule has 0 radical (unpaired) electrons. The number of rotatable bonds is 5. The molecule has 1 aromatic heterocycles. The molecule has 0 aliphatic rings. The summed E-state index contributed by atoms with van der Waals surface area (Å²) in [5.41, 5.74) is 3.26. The van der Waals surface area contributed by atoms with Gasteiger partial charge in [0.05, 0.1) is 16.9 Å². The molecule has 0 aliphatic heterocycles. The summed E-state index contributed by atoms with van der Waals surface area (Å²) in [6.45, 7) is 7.71. The number of benzene rings is 1. The van der Waals surface area contributed by atoms with Gasteiger partial charge in [-0.3, -0.25) is 4.79 Å². The Morgan fingerprint density at radius 3 is 2.85 bits per heavy atom. The first kappa shape index (κ1) is 14.5. The van der Waals surface area contributed by atoms with Crippen LogP contribution in [-0.2, 0) is 0 Å². The summed E-state index contributed by atoms with van der Waals surface area (Å²) in [7, 11) is 0. The van der Waals surface area contributed by atoms with Gasteiger partial charge in [-0.25, -0.2) is 4.68 Å². The molecule has 0 saturated carbocycles. The zero-order valence-corrected chi connectivity index (χ0v) is 12.4. The molecule has 1 unspecified atom stereocenters. The molecule has 1 atom stereocenters. The first-order valence-electron chi connectivity index (χ1n) is 6.49. The fourth-order valence-electron chi connectivity index (χ4n) is 2.09. The third-order valence-corrected chi connectivity index (χ3v) is 3.71. The molecule has 1 aromatic carbocycles. The van der Waals surface area contributed by atoms with Crippen molar-refractivity contribution in [1.29, 1.82) is 0 Å². The molecular formula is C16H17ClN2O. The third-order valence-electron chi connectivity index (χ3n) is 3.31. The van der Waals surface area contributed by atoms with Gasteiger partial charge in [0.2, 0.25) is 0 Å². The van der Waals surface area contributed by atoms with Crippen LogP contribution in [0.25, 0.3) is 5.69 Å². The summed E-state index contributed by atoms with van der Waals surface area (Å²) in [5.74, 6) is 0.162. The average Bonchev–Trinajstić information content (AvgIpc) is 2.86. The number of hydrogen-bond acceptors (Lipinski definition) is 2. The molecule has 0 N–H and O–H groups in total. The number of carbonyl (C=O) groups excluding carboxylic acids is 1. The highest BCUT2D eigenvalue weighted by Crippen LogP contribution is 2.24. The molecule has 4 heteroatoms. The Hall–Kier alpha value is -1.87. The molecule has 1 heterocycles. The number of aryl methyl sites for hydroxylation is 1. The second-order valence-corrected chi connectivity index (χ2v) is 5.30. The highest BCUT2D eigenvalue weighted by atomic mass is 35.5. The molecule has 3 nitrogen and oxygen atoms in total. The van der Waals surface area contributed by atoms with Gasteiger partial charge in [0.25, 0.3) is 0 Å². The molecule has 20 heavy (non-hydrogen) atoms. The summed E-state index contributed by atoms with van der Waals surface area (Å²) in [6, 6.07) is 5.72. The lowest BCUT2D eigenvalue weighted by molar-refractivity contribution is 0.112. The van der Waals surface area contributed by atoms with E-state index < -0.39 is 0 Å². The Balaban J connectivity index is 2.45. The molecule has 2 aromatic rings. The standard InChI is InChI=1S/C16H17ClN2O/c1-4-5-12(3)16-13(10-20)9-19(18-16)14-7-6-11(2)15(17)8-14/h4,6-10,12H,1,5H2,2-3H3. The lowest BCUT2D eigenvalue weighted by atomic mass is 10.0.